The average Bonchev–Trinajstić information content (AvgIpc) is 1.86. The van der Waals surface area contributed by atoms with Gasteiger partial charge in [-0.2, -0.15) is 0 Å². The van der Waals surface area contributed by atoms with E-state index in [2.05, 4.69) is 6.58 Å². The Balaban J connectivity index is 3.95. The summed E-state index contributed by atoms with van der Waals surface area (Å²) in [5, 5.41) is 17.8. The summed E-state index contributed by atoms with van der Waals surface area (Å²) >= 11 is 0. The molecule has 0 spiro atoms. The number of rotatable bonds is 3. The Kier molecular flexibility index (Phi) is 2.88. The minimum absolute atomic E-state index is 0.0276. The second kappa shape index (κ2) is 2.99. The molecule has 0 amide bonds. The molecule has 0 aliphatic carbocycles. The molecule has 0 aliphatic rings. The van der Waals surface area contributed by atoms with Gasteiger partial charge in [0, 0.05) is 5.41 Å². The van der Waals surface area contributed by atoms with E-state index in [1.54, 1.807) is 13.8 Å². The molecule has 54 valence electrons. The molecule has 2 heteroatoms. The van der Waals surface area contributed by atoms with Crippen LogP contribution in [0.25, 0.3) is 0 Å². The maximum Gasteiger partial charge on any atom is 0.0791 e. The molecule has 0 rings (SSSR count). The van der Waals surface area contributed by atoms with E-state index in [0.29, 0.717) is 0 Å². The first-order valence-corrected chi connectivity index (χ1v) is 2.96. The van der Waals surface area contributed by atoms with Crippen LogP contribution < -0.4 is 0 Å². The molecule has 0 aliphatic heterocycles. The molecule has 0 saturated carbocycles. The second-order valence-electron chi connectivity index (χ2n) is 2.83. The molecule has 2 N–H and O–H groups in total. The molecule has 2 nitrogen and oxygen atoms in total. The van der Waals surface area contributed by atoms with Crippen molar-refractivity contribution in [1.29, 1.82) is 0 Å². The normalized spacial score (nSPS) is 15.1. The standard InChI is InChI=1S/C7H14O2/c1-4-6(9)7(2,3)5-8/h4,6,8-9H,1,5H2,2-3H3. The molecule has 1 atom stereocenters. The summed E-state index contributed by atoms with van der Waals surface area (Å²) in [5.41, 5.74) is -0.457. The second-order valence-corrected chi connectivity index (χ2v) is 2.83. The van der Waals surface area contributed by atoms with Crippen LogP contribution in [0.5, 0.6) is 0 Å². The molecule has 0 saturated heterocycles. The molecule has 0 heterocycles. The van der Waals surface area contributed by atoms with Crippen molar-refractivity contribution in [2.24, 2.45) is 5.41 Å². The van der Waals surface area contributed by atoms with Gasteiger partial charge in [-0.25, -0.2) is 0 Å². The predicted octanol–water partition coefficient (Wildman–Crippen LogP) is 0.552. The molecule has 0 aromatic carbocycles. The van der Waals surface area contributed by atoms with Crippen molar-refractivity contribution < 1.29 is 10.2 Å². The number of aliphatic hydroxyl groups is 2. The highest BCUT2D eigenvalue weighted by molar-refractivity contribution is 4.89. The molecule has 9 heavy (non-hydrogen) atoms. The van der Waals surface area contributed by atoms with Gasteiger partial charge >= 0.3 is 0 Å². The van der Waals surface area contributed by atoms with Crippen LogP contribution in [0.4, 0.5) is 0 Å². The average molecular weight is 130 g/mol. The molecular weight excluding hydrogens is 116 g/mol. The van der Waals surface area contributed by atoms with Crippen LogP contribution in [-0.4, -0.2) is 22.9 Å². The van der Waals surface area contributed by atoms with Crippen LogP contribution in [0.1, 0.15) is 13.8 Å². The summed E-state index contributed by atoms with van der Waals surface area (Å²) in [7, 11) is 0. The third-order valence-electron chi connectivity index (χ3n) is 1.43. The monoisotopic (exact) mass is 130 g/mol. The summed E-state index contributed by atoms with van der Waals surface area (Å²) < 4.78 is 0. The van der Waals surface area contributed by atoms with E-state index in [1.165, 1.54) is 6.08 Å². The van der Waals surface area contributed by atoms with Crippen LogP contribution in [0.3, 0.4) is 0 Å². The Morgan fingerprint density at radius 2 is 2.11 bits per heavy atom. The van der Waals surface area contributed by atoms with Crippen molar-refractivity contribution >= 4 is 0 Å². The van der Waals surface area contributed by atoms with Crippen molar-refractivity contribution in [1.82, 2.24) is 0 Å². The van der Waals surface area contributed by atoms with Crippen molar-refractivity contribution in [3.8, 4) is 0 Å². The highest BCUT2D eigenvalue weighted by atomic mass is 16.3. The SMILES string of the molecule is C=CC(O)C(C)(C)CO. The van der Waals surface area contributed by atoms with Gasteiger partial charge in [-0.3, -0.25) is 0 Å². The summed E-state index contributed by atoms with van der Waals surface area (Å²) in [6.45, 7) is 6.94. The van der Waals surface area contributed by atoms with E-state index in [4.69, 9.17) is 10.2 Å². The van der Waals surface area contributed by atoms with Crippen molar-refractivity contribution in [2.75, 3.05) is 6.61 Å². The summed E-state index contributed by atoms with van der Waals surface area (Å²) in [6, 6.07) is 0. The number of hydrogen-bond donors (Lipinski definition) is 2. The van der Waals surface area contributed by atoms with Crippen molar-refractivity contribution in [3.05, 3.63) is 12.7 Å². The topological polar surface area (TPSA) is 40.5 Å². The zero-order valence-electron chi connectivity index (χ0n) is 5.96. The van der Waals surface area contributed by atoms with Crippen LogP contribution >= 0.6 is 0 Å². The highest BCUT2D eigenvalue weighted by Crippen LogP contribution is 2.19. The fourth-order valence-corrected chi connectivity index (χ4v) is 0.413. The van der Waals surface area contributed by atoms with Crippen LogP contribution in [0.15, 0.2) is 12.7 Å². The summed E-state index contributed by atoms with van der Waals surface area (Å²) in [4.78, 5) is 0. The molecule has 0 aromatic heterocycles. The minimum Gasteiger partial charge on any atom is -0.396 e. The van der Waals surface area contributed by atoms with Crippen molar-refractivity contribution in [2.45, 2.75) is 20.0 Å². The fraction of sp³-hybridized carbons (Fsp3) is 0.714. The third kappa shape index (κ3) is 2.16. The molecule has 0 bridgehead atoms. The lowest BCUT2D eigenvalue weighted by Gasteiger charge is -2.25. The zero-order chi connectivity index (χ0) is 7.49. The van der Waals surface area contributed by atoms with E-state index in [-0.39, 0.29) is 6.61 Å². The van der Waals surface area contributed by atoms with Gasteiger partial charge in [-0.15, -0.1) is 6.58 Å². The molecular formula is C7H14O2. The van der Waals surface area contributed by atoms with E-state index in [0.717, 1.165) is 0 Å². The quantitative estimate of drug-likeness (QED) is 0.548. The Labute approximate surface area is 55.8 Å². The van der Waals surface area contributed by atoms with Gasteiger partial charge in [0.25, 0.3) is 0 Å². The van der Waals surface area contributed by atoms with E-state index in [1.807, 2.05) is 0 Å². The summed E-state index contributed by atoms with van der Waals surface area (Å²) in [5.74, 6) is 0. The van der Waals surface area contributed by atoms with Gasteiger partial charge in [-0.05, 0) is 0 Å². The molecule has 1 unspecified atom stereocenters. The first-order chi connectivity index (χ1) is 4.04. The van der Waals surface area contributed by atoms with E-state index >= 15 is 0 Å². The third-order valence-corrected chi connectivity index (χ3v) is 1.43. The number of hydrogen-bond acceptors (Lipinski definition) is 2. The predicted molar refractivity (Wildman–Crippen MR) is 37.1 cm³/mol. The zero-order valence-corrected chi connectivity index (χ0v) is 5.96. The maximum atomic E-state index is 9.11. The molecule has 0 aromatic rings. The largest absolute Gasteiger partial charge is 0.396 e. The van der Waals surface area contributed by atoms with Gasteiger partial charge in [0.1, 0.15) is 0 Å². The van der Waals surface area contributed by atoms with Crippen LogP contribution in [0, 0.1) is 5.41 Å². The van der Waals surface area contributed by atoms with Gasteiger partial charge in [-0.1, -0.05) is 19.9 Å². The molecule has 0 fully saturated rings. The Morgan fingerprint density at radius 1 is 1.67 bits per heavy atom. The Morgan fingerprint density at radius 3 is 2.22 bits per heavy atom. The van der Waals surface area contributed by atoms with Crippen LogP contribution in [-0.2, 0) is 0 Å². The lowest BCUT2D eigenvalue weighted by Crippen LogP contribution is -2.30. The van der Waals surface area contributed by atoms with Gasteiger partial charge < -0.3 is 10.2 Å². The van der Waals surface area contributed by atoms with Gasteiger partial charge in [0.2, 0.25) is 0 Å². The Bertz CT molecular complexity index is 97.1. The van der Waals surface area contributed by atoms with E-state index < -0.39 is 11.5 Å². The number of aliphatic hydroxyl groups excluding tert-OH is 2. The fourth-order valence-electron chi connectivity index (χ4n) is 0.413. The van der Waals surface area contributed by atoms with E-state index in [9.17, 15) is 0 Å². The first-order valence-electron chi connectivity index (χ1n) is 2.96. The minimum atomic E-state index is -0.623. The molecule has 0 radical (unpaired) electrons. The highest BCUT2D eigenvalue weighted by Gasteiger charge is 2.23. The lowest BCUT2D eigenvalue weighted by atomic mass is 9.88. The summed E-state index contributed by atoms with van der Waals surface area (Å²) in [6.07, 6.45) is 0.804. The van der Waals surface area contributed by atoms with Gasteiger partial charge in [0.15, 0.2) is 0 Å². The Hall–Kier alpha value is -0.340. The van der Waals surface area contributed by atoms with Crippen molar-refractivity contribution in [3.63, 3.8) is 0 Å². The smallest absolute Gasteiger partial charge is 0.0791 e. The lowest BCUT2D eigenvalue weighted by molar-refractivity contribution is 0.0385. The maximum absolute atomic E-state index is 9.11. The van der Waals surface area contributed by atoms with Gasteiger partial charge in [0.05, 0.1) is 12.7 Å². The first kappa shape index (κ1) is 8.66. The van der Waals surface area contributed by atoms with Crippen LogP contribution in [0.2, 0.25) is 0 Å².